The van der Waals surface area contributed by atoms with Crippen LogP contribution < -0.4 is 9.72 Å². The second-order valence-electron chi connectivity index (χ2n) is 5.93. The first-order valence-corrected chi connectivity index (χ1v) is 8.78. The molecule has 0 saturated heterocycles. The zero-order valence-electron chi connectivity index (χ0n) is 13.1. The molecule has 4 heterocycles. The molecule has 9 heteroatoms. The quantitative estimate of drug-likeness (QED) is 0.545. The van der Waals surface area contributed by atoms with E-state index in [2.05, 4.69) is 25.6 Å². The van der Waals surface area contributed by atoms with Crippen molar-refractivity contribution in [2.45, 2.75) is 23.0 Å². The number of nitrogens with zero attached hydrogens (tertiary/aromatic N) is 5. The molecule has 0 spiro atoms. The number of hydrogen-bond donors (Lipinski definition) is 2. The van der Waals surface area contributed by atoms with E-state index in [1.165, 1.54) is 11.8 Å². The van der Waals surface area contributed by atoms with Crippen molar-refractivity contribution >= 4 is 34.8 Å². The lowest BCUT2D eigenvalue weighted by atomic mass is 10.4. The van der Waals surface area contributed by atoms with E-state index in [-0.39, 0.29) is 11.8 Å². The van der Waals surface area contributed by atoms with E-state index in [4.69, 9.17) is 0 Å². The summed E-state index contributed by atoms with van der Waals surface area (Å²) in [4.78, 5) is 16.2. The number of hydrogen-bond acceptors (Lipinski definition) is 5. The zero-order valence-corrected chi connectivity index (χ0v) is 13.9. The molecule has 0 atom stereocenters. The molecule has 2 N–H and O–H groups in total. The van der Waals surface area contributed by atoms with Crippen molar-refractivity contribution in [3.8, 4) is 0 Å². The predicted octanol–water partition coefficient (Wildman–Crippen LogP) is 1.69. The molecule has 0 aromatic carbocycles. The van der Waals surface area contributed by atoms with Crippen molar-refractivity contribution in [2.24, 2.45) is 5.92 Å². The van der Waals surface area contributed by atoms with Gasteiger partial charge in [0.05, 0.1) is 17.5 Å². The average molecular weight is 352 g/mol. The molecule has 4 aromatic heterocycles. The molecule has 8 nitrogen and oxygen atoms in total. The van der Waals surface area contributed by atoms with Crippen LogP contribution in [0.25, 0.3) is 11.3 Å². The minimum Gasteiger partial charge on any atom is -0.309 e. The molecule has 1 fully saturated rings. The molecule has 4 aromatic rings. The van der Waals surface area contributed by atoms with Crippen LogP contribution in [0.4, 0.5) is 5.82 Å². The zero-order chi connectivity index (χ0) is 16.8. The van der Waals surface area contributed by atoms with E-state index < -0.39 is 0 Å². The number of H-pyrrole nitrogens is 1. The van der Waals surface area contributed by atoms with E-state index >= 15 is 0 Å². The lowest BCUT2D eigenvalue weighted by Gasteiger charge is -1.97. The number of pyridine rings is 1. The van der Waals surface area contributed by atoms with Crippen molar-refractivity contribution in [3.05, 3.63) is 42.7 Å². The number of anilines is 1. The SMILES string of the molecule is O=C(Nc1cn2nc(Sc3n[nH]c4cccc[n+]34)ccc2n1)C1CC1. The van der Waals surface area contributed by atoms with Gasteiger partial charge in [0.2, 0.25) is 5.91 Å². The largest absolute Gasteiger partial charge is 0.347 e. The minimum atomic E-state index is 0.0393. The molecule has 1 saturated carbocycles. The number of carbonyl (C=O) groups is 1. The summed E-state index contributed by atoms with van der Waals surface area (Å²) in [6.07, 6.45) is 5.61. The molecule has 1 aliphatic rings. The van der Waals surface area contributed by atoms with Gasteiger partial charge in [-0.15, -0.1) is 5.10 Å². The van der Waals surface area contributed by atoms with Gasteiger partial charge in [0.1, 0.15) is 5.03 Å². The van der Waals surface area contributed by atoms with Crippen LogP contribution in [0, 0.1) is 5.92 Å². The third-order valence-corrected chi connectivity index (χ3v) is 4.92. The van der Waals surface area contributed by atoms with Gasteiger partial charge in [-0.05, 0) is 31.0 Å². The van der Waals surface area contributed by atoms with Crippen molar-refractivity contribution < 1.29 is 9.20 Å². The summed E-state index contributed by atoms with van der Waals surface area (Å²) in [5.74, 6) is 0.720. The summed E-state index contributed by atoms with van der Waals surface area (Å²) in [6, 6.07) is 9.63. The lowest BCUT2D eigenvalue weighted by Crippen LogP contribution is -2.20. The lowest BCUT2D eigenvalue weighted by molar-refractivity contribution is -0.556. The molecule has 5 rings (SSSR count). The maximum absolute atomic E-state index is 11.9. The molecule has 0 bridgehead atoms. The molecular weight excluding hydrogens is 338 g/mol. The standard InChI is InChI=1S/C16H13N7OS/c24-15(10-4-5-10)18-11-9-23-12(17-11)6-7-14(21-23)25-16-20-19-13-3-1-2-8-22(13)16/h1-3,6-10H,4-5H2,(H,18,24)/p+1. The van der Waals surface area contributed by atoms with E-state index in [1.54, 1.807) is 10.7 Å². The maximum atomic E-state index is 11.9. The van der Waals surface area contributed by atoms with Gasteiger partial charge in [0, 0.05) is 23.7 Å². The monoisotopic (exact) mass is 352 g/mol. The van der Waals surface area contributed by atoms with Crippen LogP contribution in [-0.4, -0.2) is 30.7 Å². The topological polar surface area (TPSA) is 92.1 Å². The number of imidazole rings is 1. The smallest absolute Gasteiger partial charge is 0.309 e. The number of carbonyl (C=O) groups excluding carboxylic acids is 1. The summed E-state index contributed by atoms with van der Waals surface area (Å²) in [5.41, 5.74) is 1.61. The van der Waals surface area contributed by atoms with Crippen LogP contribution in [0.15, 0.2) is 52.9 Å². The van der Waals surface area contributed by atoms with Crippen molar-refractivity contribution in [3.63, 3.8) is 0 Å². The molecule has 1 aliphatic carbocycles. The maximum Gasteiger partial charge on any atom is 0.347 e. The van der Waals surface area contributed by atoms with Crippen LogP contribution in [0.2, 0.25) is 0 Å². The van der Waals surface area contributed by atoms with Crippen molar-refractivity contribution in [1.82, 2.24) is 24.8 Å². The van der Waals surface area contributed by atoms with E-state index in [0.717, 1.165) is 28.7 Å². The molecule has 1 amide bonds. The van der Waals surface area contributed by atoms with Gasteiger partial charge < -0.3 is 5.32 Å². The first kappa shape index (κ1) is 14.4. The van der Waals surface area contributed by atoms with E-state index in [9.17, 15) is 4.79 Å². The molecule has 0 unspecified atom stereocenters. The van der Waals surface area contributed by atoms with E-state index in [0.29, 0.717) is 11.5 Å². The summed E-state index contributed by atoms with van der Waals surface area (Å²) in [5, 5.41) is 16.3. The van der Waals surface area contributed by atoms with Gasteiger partial charge in [-0.2, -0.15) is 9.50 Å². The molecule has 0 radical (unpaired) electrons. The Bertz CT molecular complexity index is 1100. The highest BCUT2D eigenvalue weighted by molar-refractivity contribution is 7.99. The Hall–Kier alpha value is -2.94. The van der Waals surface area contributed by atoms with Gasteiger partial charge in [-0.1, -0.05) is 6.07 Å². The second kappa shape index (κ2) is 5.55. The van der Waals surface area contributed by atoms with Gasteiger partial charge in [-0.3, -0.25) is 4.79 Å². The summed E-state index contributed by atoms with van der Waals surface area (Å²) >= 11 is 1.45. The summed E-state index contributed by atoms with van der Waals surface area (Å²) in [6.45, 7) is 0. The first-order chi connectivity index (χ1) is 12.3. The molecular formula is C16H14N7OS+. The Kier molecular flexibility index (Phi) is 3.20. The van der Waals surface area contributed by atoms with Crippen LogP contribution in [-0.2, 0) is 4.79 Å². The third kappa shape index (κ3) is 2.72. The summed E-state index contributed by atoms with van der Waals surface area (Å²) in [7, 11) is 0. The first-order valence-electron chi connectivity index (χ1n) is 7.96. The van der Waals surface area contributed by atoms with Crippen molar-refractivity contribution in [2.75, 3.05) is 5.32 Å². The number of aromatic nitrogens is 6. The Morgan fingerprint density at radius 3 is 3.12 bits per heavy atom. The number of rotatable bonds is 4. The number of nitrogens with one attached hydrogen (secondary N) is 2. The minimum absolute atomic E-state index is 0.0393. The van der Waals surface area contributed by atoms with E-state index in [1.807, 2.05) is 40.9 Å². The Morgan fingerprint density at radius 2 is 2.24 bits per heavy atom. The fraction of sp³-hybridized carbons (Fsp3) is 0.188. The van der Waals surface area contributed by atoms with Crippen LogP contribution in [0.1, 0.15) is 12.8 Å². The second-order valence-corrected chi connectivity index (χ2v) is 6.92. The van der Waals surface area contributed by atoms with Crippen LogP contribution >= 0.6 is 11.8 Å². The Balaban J connectivity index is 1.42. The van der Waals surface area contributed by atoms with Crippen molar-refractivity contribution in [1.29, 1.82) is 0 Å². The number of fused-ring (bicyclic) bond motifs is 2. The highest BCUT2D eigenvalue weighted by atomic mass is 32.2. The van der Waals surface area contributed by atoms with Crippen LogP contribution in [0.3, 0.4) is 0 Å². The average Bonchev–Trinajstić information content (AvgIpc) is 3.29. The van der Waals surface area contributed by atoms with Gasteiger partial charge in [-0.25, -0.2) is 9.50 Å². The highest BCUT2D eigenvalue weighted by Crippen LogP contribution is 2.30. The number of amides is 1. The predicted molar refractivity (Wildman–Crippen MR) is 90.2 cm³/mol. The highest BCUT2D eigenvalue weighted by Gasteiger charge is 2.30. The molecule has 124 valence electrons. The normalized spacial score (nSPS) is 14.2. The Morgan fingerprint density at radius 1 is 1.32 bits per heavy atom. The molecule has 25 heavy (non-hydrogen) atoms. The van der Waals surface area contributed by atoms with Gasteiger partial charge >= 0.3 is 5.16 Å². The molecule has 0 aliphatic heterocycles. The third-order valence-electron chi connectivity index (χ3n) is 4.02. The summed E-state index contributed by atoms with van der Waals surface area (Å²) < 4.78 is 3.64. The van der Waals surface area contributed by atoms with Gasteiger partial charge in [0.25, 0.3) is 5.65 Å². The fourth-order valence-electron chi connectivity index (χ4n) is 2.58. The van der Waals surface area contributed by atoms with Gasteiger partial charge in [0.15, 0.2) is 11.5 Å². The Labute approximate surface area is 146 Å². The fourth-order valence-corrected chi connectivity index (χ4v) is 3.38. The number of aromatic amines is 1. The van der Waals surface area contributed by atoms with Crippen LogP contribution in [0.5, 0.6) is 0 Å².